The van der Waals surface area contributed by atoms with Gasteiger partial charge in [-0.3, -0.25) is 4.99 Å². The van der Waals surface area contributed by atoms with Crippen LogP contribution in [-0.4, -0.2) is 18.0 Å². The maximum Gasteiger partial charge on any atom is 0.231 e. The van der Waals surface area contributed by atoms with Gasteiger partial charge in [-0.2, -0.15) is 0 Å². The molecule has 0 spiro atoms. The Bertz CT molecular complexity index is 1240. The van der Waals surface area contributed by atoms with E-state index in [1.165, 1.54) is 0 Å². The van der Waals surface area contributed by atoms with Gasteiger partial charge in [0.05, 0.1) is 5.69 Å². The van der Waals surface area contributed by atoms with Gasteiger partial charge in [0, 0.05) is 26.8 Å². The Balaban J connectivity index is 1.46. The van der Waals surface area contributed by atoms with Crippen molar-refractivity contribution in [2.45, 2.75) is 0 Å². The van der Waals surface area contributed by atoms with Crippen molar-refractivity contribution in [1.29, 1.82) is 0 Å². The van der Waals surface area contributed by atoms with Gasteiger partial charge in [0.15, 0.2) is 17.1 Å². The maximum absolute atomic E-state index is 6.03. The van der Waals surface area contributed by atoms with E-state index in [0.29, 0.717) is 22.2 Å². The summed E-state index contributed by atoms with van der Waals surface area (Å²) >= 11 is 9.56. The first kappa shape index (κ1) is 17.3. The average molecular weight is 456 g/mol. The molecule has 0 unspecified atom stereocenters. The quantitative estimate of drug-likeness (QED) is 0.336. The number of halogens is 2. The van der Waals surface area contributed by atoms with Crippen molar-refractivity contribution >= 4 is 50.5 Å². The lowest BCUT2D eigenvalue weighted by atomic mass is 10.2. The van der Waals surface area contributed by atoms with Crippen LogP contribution in [0.4, 0.5) is 5.69 Å². The van der Waals surface area contributed by atoms with Crippen LogP contribution >= 0.6 is 27.5 Å². The second kappa shape index (κ2) is 6.96. The monoisotopic (exact) mass is 454 g/mol. The van der Waals surface area contributed by atoms with E-state index < -0.39 is 0 Å². The first-order valence-corrected chi connectivity index (χ1v) is 9.62. The number of aromatic nitrogens is 1. The van der Waals surface area contributed by atoms with Crippen molar-refractivity contribution in [2.75, 3.05) is 6.79 Å². The van der Waals surface area contributed by atoms with Crippen molar-refractivity contribution in [3.05, 3.63) is 69.7 Å². The molecule has 0 atom stereocenters. The first-order valence-electron chi connectivity index (χ1n) is 8.45. The molecular weight excluding hydrogens is 444 g/mol. The summed E-state index contributed by atoms with van der Waals surface area (Å²) in [5.41, 5.74) is 3.93. The van der Waals surface area contributed by atoms with E-state index in [0.717, 1.165) is 32.6 Å². The van der Waals surface area contributed by atoms with E-state index in [-0.39, 0.29) is 6.79 Å². The molecular formula is C21H12BrClN2O3. The van der Waals surface area contributed by atoms with E-state index in [1.54, 1.807) is 18.3 Å². The lowest BCUT2D eigenvalue weighted by Crippen LogP contribution is -1.92. The number of aliphatic imine (C=N–C) groups is 1. The minimum Gasteiger partial charge on any atom is -0.454 e. The van der Waals surface area contributed by atoms with Gasteiger partial charge in [-0.15, -0.1) is 0 Å². The smallest absolute Gasteiger partial charge is 0.231 e. The molecule has 1 aliphatic heterocycles. The Morgan fingerprint density at radius 3 is 2.79 bits per heavy atom. The van der Waals surface area contributed by atoms with E-state index in [9.17, 15) is 0 Å². The van der Waals surface area contributed by atoms with Crippen molar-refractivity contribution < 1.29 is 13.9 Å². The summed E-state index contributed by atoms with van der Waals surface area (Å²) in [5, 5.41) is 0.625. The topological polar surface area (TPSA) is 56.9 Å². The van der Waals surface area contributed by atoms with Crippen LogP contribution in [-0.2, 0) is 0 Å². The van der Waals surface area contributed by atoms with E-state index in [4.69, 9.17) is 25.5 Å². The summed E-state index contributed by atoms with van der Waals surface area (Å²) in [4.78, 5) is 9.09. The number of hydrogen-bond acceptors (Lipinski definition) is 5. The van der Waals surface area contributed by atoms with Gasteiger partial charge >= 0.3 is 0 Å². The fourth-order valence-electron chi connectivity index (χ4n) is 2.92. The normalized spacial score (nSPS) is 12.9. The van der Waals surface area contributed by atoms with Gasteiger partial charge in [-0.05, 0) is 64.5 Å². The highest BCUT2D eigenvalue weighted by atomic mass is 79.9. The second-order valence-corrected chi connectivity index (χ2v) is 7.46. The number of nitrogens with zero attached hydrogens (tertiary/aromatic N) is 2. The fourth-order valence-corrected chi connectivity index (χ4v) is 3.51. The second-order valence-electron chi connectivity index (χ2n) is 6.17. The van der Waals surface area contributed by atoms with Gasteiger partial charge in [-0.25, -0.2) is 4.98 Å². The minimum absolute atomic E-state index is 0.236. The summed E-state index contributed by atoms with van der Waals surface area (Å²) < 4.78 is 17.5. The summed E-state index contributed by atoms with van der Waals surface area (Å²) in [6.45, 7) is 0.236. The molecule has 7 heteroatoms. The van der Waals surface area contributed by atoms with Crippen LogP contribution in [0.25, 0.3) is 22.6 Å². The van der Waals surface area contributed by atoms with Crippen molar-refractivity contribution in [2.24, 2.45) is 4.99 Å². The highest BCUT2D eigenvalue weighted by Gasteiger charge is 2.15. The molecule has 4 aromatic rings. The highest BCUT2D eigenvalue weighted by Crippen LogP contribution is 2.36. The van der Waals surface area contributed by atoms with Crippen molar-refractivity contribution in [3.8, 4) is 23.0 Å². The maximum atomic E-state index is 6.03. The Labute approximate surface area is 173 Å². The fraction of sp³-hybridized carbons (Fsp3) is 0.0476. The molecule has 0 saturated heterocycles. The third-order valence-electron chi connectivity index (χ3n) is 4.29. The molecule has 0 bridgehead atoms. The summed E-state index contributed by atoms with van der Waals surface area (Å²) in [5.74, 6) is 1.96. The molecule has 0 saturated carbocycles. The van der Waals surface area contributed by atoms with Crippen LogP contribution in [0.5, 0.6) is 11.5 Å². The number of rotatable bonds is 3. The van der Waals surface area contributed by atoms with Gasteiger partial charge < -0.3 is 13.9 Å². The molecule has 1 aliphatic rings. The lowest BCUT2D eigenvalue weighted by molar-refractivity contribution is 0.174. The molecule has 1 aromatic heterocycles. The SMILES string of the molecule is Clc1ccc2oc(-c3cccc(N=Cc4cc5c(cc4Br)OCO5)c3)nc2c1. The van der Waals surface area contributed by atoms with Crippen LogP contribution in [0.15, 0.2) is 68.5 Å². The van der Waals surface area contributed by atoms with Crippen LogP contribution in [0.3, 0.4) is 0 Å². The Morgan fingerprint density at radius 2 is 1.89 bits per heavy atom. The number of ether oxygens (including phenoxy) is 2. The Morgan fingerprint density at radius 1 is 1.04 bits per heavy atom. The molecule has 138 valence electrons. The van der Waals surface area contributed by atoms with Crippen LogP contribution < -0.4 is 9.47 Å². The molecule has 0 amide bonds. The zero-order chi connectivity index (χ0) is 19.1. The van der Waals surface area contributed by atoms with Crippen LogP contribution in [0.1, 0.15) is 5.56 Å². The van der Waals surface area contributed by atoms with Gasteiger partial charge in [-0.1, -0.05) is 17.7 Å². The predicted octanol–water partition coefficient (Wildman–Crippen LogP) is 6.39. The molecule has 0 N–H and O–H groups in total. The Kier molecular flexibility index (Phi) is 4.30. The lowest BCUT2D eigenvalue weighted by Gasteiger charge is -2.02. The van der Waals surface area contributed by atoms with E-state index >= 15 is 0 Å². The number of benzene rings is 3. The third kappa shape index (κ3) is 3.25. The molecule has 5 nitrogen and oxygen atoms in total. The van der Waals surface area contributed by atoms with Gasteiger partial charge in [0.25, 0.3) is 0 Å². The number of hydrogen-bond donors (Lipinski definition) is 0. The largest absolute Gasteiger partial charge is 0.454 e. The predicted molar refractivity (Wildman–Crippen MR) is 112 cm³/mol. The molecule has 0 aliphatic carbocycles. The van der Waals surface area contributed by atoms with Crippen molar-refractivity contribution in [1.82, 2.24) is 4.98 Å². The number of oxazole rings is 1. The van der Waals surface area contributed by atoms with Gasteiger partial charge in [0.1, 0.15) is 5.52 Å². The highest BCUT2D eigenvalue weighted by molar-refractivity contribution is 9.10. The molecule has 28 heavy (non-hydrogen) atoms. The molecule has 0 radical (unpaired) electrons. The molecule has 5 rings (SSSR count). The molecule has 3 aromatic carbocycles. The third-order valence-corrected chi connectivity index (χ3v) is 5.21. The molecule has 0 fully saturated rings. The van der Waals surface area contributed by atoms with Crippen LogP contribution in [0, 0.1) is 0 Å². The van der Waals surface area contributed by atoms with Crippen molar-refractivity contribution in [3.63, 3.8) is 0 Å². The Hall–Kier alpha value is -2.83. The van der Waals surface area contributed by atoms with E-state index in [1.807, 2.05) is 42.5 Å². The number of fused-ring (bicyclic) bond motifs is 2. The zero-order valence-corrected chi connectivity index (χ0v) is 16.7. The minimum atomic E-state index is 0.236. The zero-order valence-electron chi connectivity index (χ0n) is 14.4. The summed E-state index contributed by atoms with van der Waals surface area (Å²) in [6, 6.07) is 16.8. The van der Waals surface area contributed by atoms with Gasteiger partial charge in [0.2, 0.25) is 12.7 Å². The first-order chi connectivity index (χ1) is 13.7. The van der Waals surface area contributed by atoms with Crippen LogP contribution in [0.2, 0.25) is 5.02 Å². The average Bonchev–Trinajstić information content (AvgIpc) is 3.32. The van der Waals surface area contributed by atoms with E-state index in [2.05, 4.69) is 25.9 Å². The summed E-state index contributed by atoms with van der Waals surface area (Å²) in [7, 11) is 0. The molecule has 2 heterocycles. The summed E-state index contributed by atoms with van der Waals surface area (Å²) in [6.07, 6.45) is 1.77. The standard InChI is InChI=1S/C21H12BrClN2O3/c22-16-9-20-19(26-11-27-20)7-13(16)10-24-15-3-1-2-12(6-15)21-25-17-8-14(23)4-5-18(17)28-21/h1-10H,11H2.